The summed E-state index contributed by atoms with van der Waals surface area (Å²) < 4.78 is 27.1. The van der Waals surface area contributed by atoms with E-state index in [1.165, 1.54) is 0 Å². The third-order valence-corrected chi connectivity index (χ3v) is 5.31. The third-order valence-electron chi connectivity index (χ3n) is 5.31. The van der Waals surface area contributed by atoms with Crippen LogP contribution in [0.25, 0.3) is 11.6 Å². The minimum absolute atomic E-state index is 0.182. The van der Waals surface area contributed by atoms with Gasteiger partial charge in [0.05, 0.1) is 16.9 Å². The van der Waals surface area contributed by atoms with E-state index in [1.807, 2.05) is 30.3 Å². The molecule has 4 aromatic rings. The van der Waals surface area contributed by atoms with Gasteiger partial charge in [-0.15, -0.1) is 0 Å². The molecule has 0 spiro atoms. The number of carbonyl (C=O) groups excluding carboxylic acids is 2. The van der Waals surface area contributed by atoms with Crippen molar-refractivity contribution in [3.8, 4) is 0 Å². The first-order valence-corrected chi connectivity index (χ1v) is 10.7. The van der Waals surface area contributed by atoms with Gasteiger partial charge in [0.1, 0.15) is 11.6 Å². The second-order valence-corrected chi connectivity index (χ2v) is 7.81. The Morgan fingerprint density at radius 3 is 2.51 bits per heavy atom. The van der Waals surface area contributed by atoms with E-state index < -0.39 is 17.7 Å². The quantitative estimate of drug-likeness (QED) is 0.225. The smallest absolute Gasteiger partial charge is 0.323 e. The Bertz CT molecular complexity index is 1460. The molecular weight excluding hydrogens is 452 g/mol. The van der Waals surface area contributed by atoms with E-state index in [-0.39, 0.29) is 11.6 Å². The fourth-order valence-electron chi connectivity index (χ4n) is 3.72. The van der Waals surface area contributed by atoms with Crippen LogP contribution in [0, 0.1) is 11.6 Å². The zero-order valence-corrected chi connectivity index (χ0v) is 18.2. The molecule has 5 rings (SSSR count). The lowest BCUT2D eigenvalue weighted by Crippen LogP contribution is -2.20. The summed E-state index contributed by atoms with van der Waals surface area (Å²) in [6.07, 6.45) is 3.59. The van der Waals surface area contributed by atoms with E-state index in [9.17, 15) is 18.4 Å². The van der Waals surface area contributed by atoms with Crippen molar-refractivity contribution in [3.05, 3.63) is 102 Å². The lowest BCUT2D eigenvalue weighted by molar-refractivity contribution is -0.110. The molecule has 174 valence electrons. The van der Waals surface area contributed by atoms with Crippen LogP contribution in [0.4, 0.5) is 42.0 Å². The maximum absolute atomic E-state index is 13.8. The van der Waals surface area contributed by atoms with E-state index in [1.54, 1.807) is 36.5 Å². The predicted octanol–water partition coefficient (Wildman–Crippen LogP) is 6.17. The zero-order chi connectivity index (χ0) is 24.4. The number of nitrogens with one attached hydrogen (secondary N) is 5. The SMILES string of the molecule is O=C(Nc1cccc(Nc2ccc3c(c2)NC(=O)/C3=C/c2ccc[nH]2)c1)Nc1cc(F)ccc1F. The maximum Gasteiger partial charge on any atom is 0.323 e. The first-order valence-electron chi connectivity index (χ1n) is 10.7. The molecule has 0 radical (unpaired) electrons. The predicted molar refractivity (Wildman–Crippen MR) is 132 cm³/mol. The summed E-state index contributed by atoms with van der Waals surface area (Å²) in [5.41, 5.74) is 4.46. The molecule has 2 heterocycles. The molecule has 1 aliphatic rings. The summed E-state index contributed by atoms with van der Waals surface area (Å²) in [7, 11) is 0. The highest BCUT2D eigenvalue weighted by Gasteiger charge is 2.24. The highest BCUT2D eigenvalue weighted by molar-refractivity contribution is 6.35. The topological polar surface area (TPSA) is 98.1 Å². The molecule has 0 saturated heterocycles. The van der Waals surface area contributed by atoms with Crippen LogP contribution in [-0.2, 0) is 4.79 Å². The van der Waals surface area contributed by atoms with Crippen molar-refractivity contribution >= 4 is 52.0 Å². The molecule has 35 heavy (non-hydrogen) atoms. The summed E-state index contributed by atoms with van der Waals surface area (Å²) >= 11 is 0. The van der Waals surface area contributed by atoms with Gasteiger partial charge in [-0.05, 0) is 60.7 Å². The minimum Gasteiger partial charge on any atom is -0.362 e. The summed E-state index contributed by atoms with van der Waals surface area (Å²) in [5.74, 6) is -1.59. The van der Waals surface area contributed by atoms with Crippen molar-refractivity contribution < 1.29 is 18.4 Å². The average Bonchev–Trinajstić information content (AvgIpc) is 3.44. The third kappa shape index (κ3) is 4.88. The Morgan fingerprint density at radius 1 is 0.857 bits per heavy atom. The molecular formula is C26H19F2N5O2. The van der Waals surface area contributed by atoms with Crippen molar-refractivity contribution in [2.45, 2.75) is 0 Å². The Labute approximate surface area is 198 Å². The van der Waals surface area contributed by atoms with Gasteiger partial charge in [0.15, 0.2) is 0 Å². The number of H-pyrrole nitrogens is 1. The van der Waals surface area contributed by atoms with E-state index in [0.717, 1.165) is 35.1 Å². The van der Waals surface area contributed by atoms with Gasteiger partial charge < -0.3 is 26.3 Å². The first kappa shape index (κ1) is 21.9. The summed E-state index contributed by atoms with van der Waals surface area (Å²) in [5, 5.41) is 11.0. The van der Waals surface area contributed by atoms with Gasteiger partial charge in [-0.3, -0.25) is 4.79 Å². The number of anilines is 5. The summed E-state index contributed by atoms with van der Waals surface area (Å²) in [6, 6.07) is 18.2. The standard InChI is InChI=1S/C26H19F2N5O2/c27-15-6-9-22(28)24(11-15)33-26(35)31-18-4-1-3-17(12-18)30-19-7-8-20-21(13-16-5-2-10-29-16)25(34)32-23(20)14-19/h1-14,29-30H,(H,32,34)(H2,31,33,35)/b21-13+. The highest BCUT2D eigenvalue weighted by atomic mass is 19.1. The van der Waals surface area contributed by atoms with Gasteiger partial charge in [0.2, 0.25) is 0 Å². The van der Waals surface area contributed by atoms with Gasteiger partial charge in [-0.1, -0.05) is 12.1 Å². The molecule has 0 fully saturated rings. The van der Waals surface area contributed by atoms with Crippen LogP contribution < -0.4 is 21.3 Å². The molecule has 0 unspecified atom stereocenters. The molecule has 0 aliphatic carbocycles. The van der Waals surface area contributed by atoms with E-state index >= 15 is 0 Å². The van der Waals surface area contributed by atoms with Crippen molar-refractivity contribution in [1.82, 2.24) is 4.98 Å². The fourth-order valence-corrected chi connectivity index (χ4v) is 3.72. The number of fused-ring (bicyclic) bond motifs is 1. The van der Waals surface area contributed by atoms with Crippen LogP contribution in [0.15, 0.2) is 79.0 Å². The van der Waals surface area contributed by atoms with Gasteiger partial charge in [0, 0.05) is 40.6 Å². The molecule has 0 bridgehead atoms. The summed E-state index contributed by atoms with van der Waals surface area (Å²) in [6.45, 7) is 0. The first-order chi connectivity index (χ1) is 16.9. The van der Waals surface area contributed by atoms with Crippen LogP contribution in [-0.4, -0.2) is 16.9 Å². The molecule has 7 nitrogen and oxygen atoms in total. The molecule has 3 aromatic carbocycles. The zero-order valence-electron chi connectivity index (χ0n) is 18.2. The van der Waals surface area contributed by atoms with Crippen molar-refractivity contribution in [2.24, 2.45) is 0 Å². The van der Waals surface area contributed by atoms with E-state index in [4.69, 9.17) is 0 Å². The van der Waals surface area contributed by atoms with Crippen LogP contribution in [0.1, 0.15) is 11.3 Å². The van der Waals surface area contributed by atoms with Gasteiger partial charge in [-0.25, -0.2) is 13.6 Å². The van der Waals surface area contributed by atoms with Crippen molar-refractivity contribution in [3.63, 3.8) is 0 Å². The number of hydrogen-bond acceptors (Lipinski definition) is 3. The molecule has 1 aliphatic heterocycles. The summed E-state index contributed by atoms with van der Waals surface area (Å²) in [4.78, 5) is 27.7. The number of aromatic amines is 1. The average molecular weight is 471 g/mol. The largest absolute Gasteiger partial charge is 0.362 e. The Hall–Kier alpha value is -4.92. The fraction of sp³-hybridized carbons (Fsp3) is 0. The van der Waals surface area contributed by atoms with Gasteiger partial charge in [-0.2, -0.15) is 0 Å². The number of benzene rings is 3. The van der Waals surface area contributed by atoms with Crippen LogP contribution >= 0.6 is 0 Å². The Morgan fingerprint density at radius 2 is 1.69 bits per heavy atom. The molecule has 5 N–H and O–H groups in total. The number of amides is 3. The van der Waals surface area contributed by atoms with Gasteiger partial charge in [0.25, 0.3) is 5.91 Å². The Balaban J connectivity index is 1.29. The van der Waals surface area contributed by atoms with Crippen molar-refractivity contribution in [1.29, 1.82) is 0 Å². The normalized spacial score (nSPS) is 13.3. The highest BCUT2D eigenvalue weighted by Crippen LogP contribution is 2.35. The number of urea groups is 1. The minimum atomic E-state index is -0.744. The maximum atomic E-state index is 13.8. The molecule has 9 heteroatoms. The number of rotatable bonds is 5. The second kappa shape index (κ2) is 9.14. The van der Waals surface area contributed by atoms with Crippen molar-refractivity contribution in [2.75, 3.05) is 21.3 Å². The van der Waals surface area contributed by atoms with Crippen LogP contribution in [0.3, 0.4) is 0 Å². The Kier molecular flexibility index (Phi) is 5.72. The lowest BCUT2D eigenvalue weighted by Gasteiger charge is -2.12. The number of aromatic nitrogens is 1. The van der Waals surface area contributed by atoms with Crippen LogP contribution in [0.2, 0.25) is 0 Å². The number of halogens is 2. The molecule has 3 amide bonds. The second-order valence-electron chi connectivity index (χ2n) is 7.81. The molecule has 0 atom stereocenters. The number of carbonyl (C=O) groups is 2. The monoisotopic (exact) mass is 471 g/mol. The molecule has 0 saturated carbocycles. The number of hydrogen-bond donors (Lipinski definition) is 5. The molecule has 1 aromatic heterocycles. The van der Waals surface area contributed by atoms with Gasteiger partial charge >= 0.3 is 6.03 Å². The lowest BCUT2D eigenvalue weighted by atomic mass is 10.1. The van der Waals surface area contributed by atoms with E-state index in [0.29, 0.717) is 22.6 Å². The van der Waals surface area contributed by atoms with Crippen LogP contribution in [0.5, 0.6) is 0 Å². The van der Waals surface area contributed by atoms with E-state index in [2.05, 4.69) is 26.3 Å².